The molecule has 26 heavy (non-hydrogen) atoms. The molecule has 0 amide bonds. The Kier molecular flexibility index (Phi) is 4.43. The first-order valence-electron chi connectivity index (χ1n) is 8.74. The van der Waals surface area contributed by atoms with Gasteiger partial charge in [0.2, 0.25) is 0 Å². The van der Waals surface area contributed by atoms with Gasteiger partial charge in [0.05, 0.1) is 5.39 Å². The van der Waals surface area contributed by atoms with Gasteiger partial charge in [0.1, 0.15) is 16.5 Å². The van der Waals surface area contributed by atoms with Gasteiger partial charge in [0.25, 0.3) is 0 Å². The molecule has 0 saturated heterocycles. The standard InChI is InChI=1S/C22H21N3S/c1-14-9-11-18(12-10-14)23-21-20-15(2)16(3)26-22(20)25-19(24-21)13-17-7-5-4-6-8-17/h4-12H,13H2,1-3H3,(H,23,24,25). The van der Waals surface area contributed by atoms with Gasteiger partial charge in [0.15, 0.2) is 0 Å². The number of aromatic nitrogens is 2. The SMILES string of the molecule is Cc1ccc(Nc2nc(Cc3ccccc3)nc3sc(C)c(C)c23)cc1. The van der Waals surface area contributed by atoms with E-state index >= 15 is 0 Å². The van der Waals surface area contributed by atoms with E-state index < -0.39 is 0 Å². The van der Waals surface area contributed by atoms with Crippen LogP contribution in [0.2, 0.25) is 0 Å². The second-order valence-corrected chi connectivity index (χ2v) is 7.81. The van der Waals surface area contributed by atoms with E-state index in [1.165, 1.54) is 21.6 Å². The van der Waals surface area contributed by atoms with Crippen LogP contribution in [0.3, 0.4) is 0 Å². The van der Waals surface area contributed by atoms with E-state index in [1.54, 1.807) is 11.3 Å². The number of anilines is 2. The molecule has 4 aromatic rings. The van der Waals surface area contributed by atoms with Crippen molar-refractivity contribution < 1.29 is 0 Å². The molecule has 1 N–H and O–H groups in total. The maximum absolute atomic E-state index is 4.87. The van der Waals surface area contributed by atoms with E-state index in [0.29, 0.717) is 0 Å². The highest BCUT2D eigenvalue weighted by Crippen LogP contribution is 2.34. The zero-order valence-corrected chi connectivity index (χ0v) is 16.0. The summed E-state index contributed by atoms with van der Waals surface area (Å²) in [5.41, 5.74) is 4.77. The van der Waals surface area contributed by atoms with Gasteiger partial charge in [-0.15, -0.1) is 11.3 Å². The average molecular weight is 359 g/mol. The molecule has 0 saturated carbocycles. The van der Waals surface area contributed by atoms with E-state index in [9.17, 15) is 0 Å². The zero-order chi connectivity index (χ0) is 18.1. The van der Waals surface area contributed by atoms with Gasteiger partial charge < -0.3 is 5.32 Å². The van der Waals surface area contributed by atoms with Crippen LogP contribution in [0.5, 0.6) is 0 Å². The van der Waals surface area contributed by atoms with Crippen molar-refractivity contribution in [2.75, 3.05) is 5.32 Å². The summed E-state index contributed by atoms with van der Waals surface area (Å²) in [4.78, 5) is 12.0. The Morgan fingerprint density at radius 3 is 2.35 bits per heavy atom. The van der Waals surface area contributed by atoms with Gasteiger partial charge in [-0.1, -0.05) is 48.0 Å². The van der Waals surface area contributed by atoms with Crippen LogP contribution in [0.25, 0.3) is 10.2 Å². The molecule has 4 rings (SSSR count). The molecule has 0 aliphatic carbocycles. The molecule has 0 atom stereocenters. The van der Waals surface area contributed by atoms with Crippen LogP contribution >= 0.6 is 11.3 Å². The van der Waals surface area contributed by atoms with Crippen molar-refractivity contribution in [3.05, 3.63) is 82.0 Å². The highest BCUT2D eigenvalue weighted by Gasteiger charge is 2.15. The molecule has 0 aliphatic rings. The number of nitrogens with one attached hydrogen (secondary N) is 1. The normalized spacial score (nSPS) is 11.0. The summed E-state index contributed by atoms with van der Waals surface area (Å²) < 4.78 is 0. The quantitative estimate of drug-likeness (QED) is 0.489. The van der Waals surface area contributed by atoms with Gasteiger partial charge >= 0.3 is 0 Å². The summed E-state index contributed by atoms with van der Waals surface area (Å²) in [5, 5.41) is 4.64. The first-order chi connectivity index (χ1) is 12.6. The molecule has 0 aliphatic heterocycles. The number of hydrogen-bond donors (Lipinski definition) is 1. The summed E-state index contributed by atoms with van der Waals surface area (Å²) >= 11 is 1.74. The number of benzene rings is 2. The third-order valence-corrected chi connectivity index (χ3v) is 5.70. The van der Waals surface area contributed by atoms with Crippen LogP contribution < -0.4 is 5.32 Å². The average Bonchev–Trinajstić information content (AvgIpc) is 2.92. The Morgan fingerprint density at radius 1 is 0.885 bits per heavy atom. The van der Waals surface area contributed by atoms with Crippen molar-refractivity contribution in [2.45, 2.75) is 27.2 Å². The highest BCUT2D eigenvalue weighted by atomic mass is 32.1. The molecular weight excluding hydrogens is 338 g/mol. The molecular formula is C22H21N3S. The lowest BCUT2D eigenvalue weighted by Gasteiger charge is -2.10. The van der Waals surface area contributed by atoms with Gasteiger partial charge in [-0.3, -0.25) is 0 Å². The second kappa shape index (κ2) is 6.89. The number of thiophene rings is 1. The van der Waals surface area contributed by atoms with Crippen LogP contribution in [-0.4, -0.2) is 9.97 Å². The first kappa shape index (κ1) is 16.7. The molecule has 2 aromatic heterocycles. The van der Waals surface area contributed by atoms with E-state index in [4.69, 9.17) is 9.97 Å². The Balaban J connectivity index is 1.79. The second-order valence-electron chi connectivity index (χ2n) is 6.61. The van der Waals surface area contributed by atoms with Crippen LogP contribution in [0.4, 0.5) is 11.5 Å². The number of fused-ring (bicyclic) bond motifs is 1. The van der Waals surface area contributed by atoms with Crippen molar-refractivity contribution in [2.24, 2.45) is 0 Å². The lowest BCUT2D eigenvalue weighted by molar-refractivity contribution is 0.999. The molecule has 2 aromatic carbocycles. The van der Waals surface area contributed by atoms with Crippen molar-refractivity contribution in [1.29, 1.82) is 0 Å². The predicted molar refractivity (Wildman–Crippen MR) is 111 cm³/mol. The number of nitrogens with zero attached hydrogens (tertiary/aromatic N) is 2. The fourth-order valence-corrected chi connectivity index (χ4v) is 4.06. The monoisotopic (exact) mass is 359 g/mol. The number of rotatable bonds is 4. The lowest BCUT2D eigenvalue weighted by atomic mass is 10.1. The fraction of sp³-hybridized carbons (Fsp3) is 0.182. The maximum atomic E-state index is 4.87. The Hall–Kier alpha value is -2.72. The largest absolute Gasteiger partial charge is 0.340 e. The van der Waals surface area contributed by atoms with E-state index in [-0.39, 0.29) is 0 Å². The molecule has 0 fully saturated rings. The lowest BCUT2D eigenvalue weighted by Crippen LogP contribution is -2.02. The molecule has 130 valence electrons. The van der Waals surface area contributed by atoms with Crippen molar-refractivity contribution in [3.8, 4) is 0 Å². The third kappa shape index (κ3) is 3.33. The minimum absolute atomic E-state index is 0.732. The molecule has 0 bridgehead atoms. The summed E-state index contributed by atoms with van der Waals surface area (Å²) in [7, 11) is 0. The maximum Gasteiger partial charge on any atom is 0.143 e. The number of aryl methyl sites for hydroxylation is 3. The van der Waals surface area contributed by atoms with Crippen molar-refractivity contribution in [3.63, 3.8) is 0 Å². The molecule has 0 spiro atoms. The van der Waals surface area contributed by atoms with Crippen LogP contribution in [0.1, 0.15) is 27.4 Å². The summed E-state index contributed by atoms with van der Waals surface area (Å²) in [6.07, 6.45) is 0.732. The number of hydrogen-bond acceptors (Lipinski definition) is 4. The van der Waals surface area contributed by atoms with E-state index in [0.717, 1.165) is 34.0 Å². The third-order valence-electron chi connectivity index (χ3n) is 4.59. The summed E-state index contributed by atoms with van der Waals surface area (Å²) in [5.74, 6) is 1.74. The van der Waals surface area contributed by atoms with E-state index in [2.05, 4.69) is 74.6 Å². The van der Waals surface area contributed by atoms with Crippen LogP contribution in [0.15, 0.2) is 54.6 Å². The van der Waals surface area contributed by atoms with Gasteiger partial charge in [-0.05, 0) is 44.0 Å². The van der Waals surface area contributed by atoms with Gasteiger partial charge in [-0.2, -0.15) is 0 Å². The predicted octanol–water partition coefficient (Wildman–Crippen LogP) is 5.95. The zero-order valence-electron chi connectivity index (χ0n) is 15.2. The smallest absolute Gasteiger partial charge is 0.143 e. The topological polar surface area (TPSA) is 37.8 Å². The minimum Gasteiger partial charge on any atom is -0.340 e. The molecule has 4 heteroatoms. The highest BCUT2D eigenvalue weighted by molar-refractivity contribution is 7.18. The van der Waals surface area contributed by atoms with Crippen molar-refractivity contribution >= 4 is 33.1 Å². The molecule has 3 nitrogen and oxygen atoms in total. The fourth-order valence-electron chi connectivity index (χ4n) is 3.02. The van der Waals surface area contributed by atoms with Gasteiger partial charge in [0, 0.05) is 17.0 Å². The first-order valence-corrected chi connectivity index (χ1v) is 9.56. The Bertz CT molecular complexity index is 1050. The Labute approximate surface area is 157 Å². The molecule has 2 heterocycles. The Morgan fingerprint density at radius 2 is 1.62 bits per heavy atom. The summed E-state index contributed by atoms with van der Waals surface area (Å²) in [6, 6.07) is 18.8. The summed E-state index contributed by atoms with van der Waals surface area (Å²) in [6.45, 7) is 6.39. The molecule has 0 unspecified atom stereocenters. The van der Waals surface area contributed by atoms with Crippen molar-refractivity contribution in [1.82, 2.24) is 9.97 Å². The minimum atomic E-state index is 0.732. The van der Waals surface area contributed by atoms with Crippen LogP contribution in [0, 0.1) is 20.8 Å². The van der Waals surface area contributed by atoms with Crippen LogP contribution in [-0.2, 0) is 6.42 Å². The van der Waals surface area contributed by atoms with E-state index in [1.807, 2.05) is 6.07 Å². The molecule has 0 radical (unpaired) electrons. The van der Waals surface area contributed by atoms with Gasteiger partial charge in [-0.25, -0.2) is 9.97 Å².